The van der Waals surface area contributed by atoms with E-state index in [1.807, 2.05) is 6.07 Å². The molecule has 0 unspecified atom stereocenters. The van der Waals surface area contributed by atoms with E-state index in [0.29, 0.717) is 16.5 Å². The van der Waals surface area contributed by atoms with Crippen molar-refractivity contribution in [1.29, 1.82) is 5.26 Å². The third-order valence-corrected chi connectivity index (χ3v) is 3.38. The van der Waals surface area contributed by atoms with Crippen LogP contribution in [-0.4, -0.2) is 16.3 Å². The SMILES string of the molecule is N#Cc1ccc2[nH]cc(-c3nccc4c3OC(F)(F)O4)c2c1. The first-order chi connectivity index (χ1) is 10.6. The minimum Gasteiger partial charge on any atom is -0.395 e. The fourth-order valence-electron chi connectivity index (χ4n) is 2.46. The molecule has 0 bridgehead atoms. The fourth-order valence-corrected chi connectivity index (χ4v) is 2.46. The number of nitrogens with one attached hydrogen (secondary N) is 1. The summed E-state index contributed by atoms with van der Waals surface area (Å²) in [5.74, 6) is -0.184. The summed E-state index contributed by atoms with van der Waals surface area (Å²) in [6.07, 6.45) is -0.704. The zero-order valence-corrected chi connectivity index (χ0v) is 10.9. The third kappa shape index (κ3) is 1.78. The maximum absolute atomic E-state index is 13.3. The van der Waals surface area contributed by atoms with E-state index in [4.69, 9.17) is 5.26 Å². The van der Waals surface area contributed by atoms with Gasteiger partial charge in [0.2, 0.25) is 0 Å². The lowest BCUT2D eigenvalue weighted by molar-refractivity contribution is -0.286. The van der Waals surface area contributed by atoms with E-state index in [9.17, 15) is 8.78 Å². The molecule has 108 valence electrons. The molecule has 0 amide bonds. The number of rotatable bonds is 1. The molecule has 0 fully saturated rings. The van der Waals surface area contributed by atoms with Gasteiger partial charge in [-0.3, -0.25) is 4.98 Å². The van der Waals surface area contributed by atoms with Gasteiger partial charge in [0.1, 0.15) is 5.69 Å². The molecule has 0 saturated carbocycles. The average molecular weight is 299 g/mol. The Morgan fingerprint density at radius 2 is 2.09 bits per heavy atom. The number of aromatic amines is 1. The molecule has 3 aromatic rings. The molecule has 1 aliphatic rings. The second-order valence-corrected chi connectivity index (χ2v) is 4.73. The monoisotopic (exact) mass is 299 g/mol. The second-order valence-electron chi connectivity index (χ2n) is 4.73. The van der Waals surface area contributed by atoms with Gasteiger partial charge in [-0.1, -0.05) is 0 Å². The Morgan fingerprint density at radius 3 is 2.91 bits per heavy atom. The summed E-state index contributed by atoms with van der Waals surface area (Å²) < 4.78 is 35.5. The van der Waals surface area contributed by atoms with Crippen LogP contribution < -0.4 is 9.47 Å². The highest BCUT2D eigenvalue weighted by Crippen LogP contribution is 2.47. The number of fused-ring (bicyclic) bond motifs is 2. The van der Waals surface area contributed by atoms with Gasteiger partial charge in [-0.15, -0.1) is 8.78 Å². The molecular weight excluding hydrogens is 292 g/mol. The molecular formula is C15H7F2N3O2. The lowest BCUT2D eigenvalue weighted by Gasteiger charge is -2.06. The smallest absolute Gasteiger partial charge is 0.395 e. The number of hydrogen-bond acceptors (Lipinski definition) is 4. The van der Waals surface area contributed by atoms with Crippen molar-refractivity contribution in [1.82, 2.24) is 9.97 Å². The molecule has 1 N–H and O–H groups in total. The minimum absolute atomic E-state index is 0.0687. The van der Waals surface area contributed by atoms with E-state index in [1.54, 1.807) is 24.4 Å². The number of H-pyrrole nitrogens is 1. The molecule has 0 atom stereocenters. The largest absolute Gasteiger partial charge is 0.586 e. The van der Waals surface area contributed by atoms with Crippen molar-refractivity contribution in [3.8, 4) is 28.8 Å². The van der Waals surface area contributed by atoms with Crippen molar-refractivity contribution in [3.63, 3.8) is 0 Å². The quantitative estimate of drug-likeness (QED) is 0.747. The van der Waals surface area contributed by atoms with Crippen molar-refractivity contribution in [2.75, 3.05) is 0 Å². The Balaban J connectivity index is 1.95. The zero-order chi connectivity index (χ0) is 15.3. The summed E-state index contributed by atoms with van der Waals surface area (Å²) in [4.78, 5) is 7.14. The van der Waals surface area contributed by atoms with Crippen LogP contribution in [0.1, 0.15) is 5.56 Å². The van der Waals surface area contributed by atoms with Crippen molar-refractivity contribution in [3.05, 3.63) is 42.2 Å². The van der Waals surface area contributed by atoms with Gasteiger partial charge in [-0.2, -0.15) is 5.26 Å². The highest BCUT2D eigenvalue weighted by molar-refractivity contribution is 5.97. The molecule has 22 heavy (non-hydrogen) atoms. The van der Waals surface area contributed by atoms with Gasteiger partial charge in [-0.25, -0.2) is 0 Å². The highest BCUT2D eigenvalue weighted by Gasteiger charge is 2.45. The van der Waals surface area contributed by atoms with Gasteiger partial charge in [0.15, 0.2) is 11.5 Å². The summed E-state index contributed by atoms with van der Waals surface area (Å²) in [6, 6.07) is 8.43. The number of alkyl halides is 2. The number of ether oxygens (including phenoxy) is 2. The molecule has 1 aromatic carbocycles. The van der Waals surface area contributed by atoms with E-state index in [-0.39, 0.29) is 17.2 Å². The van der Waals surface area contributed by atoms with Gasteiger partial charge >= 0.3 is 6.29 Å². The molecule has 2 aromatic heterocycles. The van der Waals surface area contributed by atoms with Crippen LogP contribution in [0.2, 0.25) is 0 Å². The number of nitrogens with zero attached hydrogens (tertiary/aromatic N) is 2. The van der Waals surface area contributed by atoms with Crippen LogP contribution >= 0.6 is 0 Å². The molecule has 4 rings (SSSR count). The number of aromatic nitrogens is 2. The summed E-state index contributed by atoms with van der Waals surface area (Å²) >= 11 is 0. The standard InChI is InChI=1S/C15H7F2N3O2/c16-15(17)21-12-3-4-19-13(14(12)22-15)10-7-20-11-2-1-8(6-18)5-9(10)11/h1-5,7,20H. The number of hydrogen-bond donors (Lipinski definition) is 1. The number of pyridine rings is 1. The van der Waals surface area contributed by atoms with E-state index in [1.165, 1.54) is 12.3 Å². The lowest BCUT2D eigenvalue weighted by atomic mass is 10.1. The van der Waals surface area contributed by atoms with Crippen LogP contribution in [0, 0.1) is 11.3 Å². The van der Waals surface area contributed by atoms with Gasteiger partial charge in [0.05, 0.1) is 11.6 Å². The van der Waals surface area contributed by atoms with Crippen LogP contribution in [0.3, 0.4) is 0 Å². The second kappa shape index (κ2) is 4.18. The van der Waals surface area contributed by atoms with Gasteiger partial charge in [0.25, 0.3) is 0 Å². The first-order valence-electron chi connectivity index (χ1n) is 6.34. The zero-order valence-electron chi connectivity index (χ0n) is 10.9. The Morgan fingerprint density at radius 1 is 1.23 bits per heavy atom. The first kappa shape index (κ1) is 12.6. The van der Waals surface area contributed by atoms with Crippen molar-refractivity contribution in [2.45, 2.75) is 6.29 Å². The predicted molar refractivity (Wildman–Crippen MR) is 72.4 cm³/mol. The van der Waals surface area contributed by atoms with Crippen LogP contribution in [0.4, 0.5) is 8.78 Å². The van der Waals surface area contributed by atoms with E-state index < -0.39 is 6.29 Å². The Kier molecular flexibility index (Phi) is 2.39. The summed E-state index contributed by atoms with van der Waals surface area (Å²) in [5, 5.41) is 9.69. The molecule has 3 heterocycles. The number of benzene rings is 1. The van der Waals surface area contributed by atoms with Gasteiger partial charge in [-0.05, 0) is 18.2 Å². The number of nitriles is 1. The molecule has 0 radical (unpaired) electrons. The highest BCUT2D eigenvalue weighted by atomic mass is 19.3. The van der Waals surface area contributed by atoms with Crippen molar-refractivity contribution >= 4 is 10.9 Å². The number of halogens is 2. The molecule has 7 heteroatoms. The summed E-state index contributed by atoms with van der Waals surface area (Å²) in [5.41, 5.74) is 2.02. The topological polar surface area (TPSA) is 70.9 Å². The molecule has 0 saturated heterocycles. The van der Waals surface area contributed by atoms with E-state index in [0.717, 1.165) is 5.52 Å². The van der Waals surface area contributed by atoms with Crippen LogP contribution in [-0.2, 0) is 0 Å². The summed E-state index contributed by atoms with van der Waals surface area (Å²) in [6.45, 7) is 0. The van der Waals surface area contributed by atoms with Crippen LogP contribution in [0.25, 0.3) is 22.2 Å². The lowest BCUT2D eigenvalue weighted by Crippen LogP contribution is -2.26. The van der Waals surface area contributed by atoms with E-state index >= 15 is 0 Å². The van der Waals surface area contributed by atoms with E-state index in [2.05, 4.69) is 19.4 Å². The Hall–Kier alpha value is -3.14. The predicted octanol–water partition coefficient (Wildman–Crippen LogP) is 3.42. The molecule has 1 aliphatic heterocycles. The van der Waals surface area contributed by atoms with Crippen molar-refractivity contribution in [2.24, 2.45) is 0 Å². The Labute approximate surface area is 122 Å². The van der Waals surface area contributed by atoms with Gasteiger partial charge < -0.3 is 14.5 Å². The average Bonchev–Trinajstić information content (AvgIpc) is 3.04. The third-order valence-electron chi connectivity index (χ3n) is 3.38. The minimum atomic E-state index is -3.70. The summed E-state index contributed by atoms with van der Waals surface area (Å²) in [7, 11) is 0. The maximum atomic E-state index is 13.3. The normalized spacial score (nSPS) is 15.0. The maximum Gasteiger partial charge on any atom is 0.586 e. The first-order valence-corrected chi connectivity index (χ1v) is 6.34. The van der Waals surface area contributed by atoms with Crippen LogP contribution in [0.5, 0.6) is 11.5 Å². The van der Waals surface area contributed by atoms with Crippen LogP contribution in [0.15, 0.2) is 36.7 Å². The Bertz CT molecular complexity index is 944. The fraction of sp³-hybridized carbons (Fsp3) is 0.0667. The van der Waals surface area contributed by atoms with Crippen molar-refractivity contribution < 1.29 is 18.3 Å². The molecule has 0 aliphatic carbocycles. The van der Waals surface area contributed by atoms with Gasteiger partial charge in [0, 0.05) is 34.9 Å². The molecule has 0 spiro atoms. The molecule has 5 nitrogen and oxygen atoms in total.